The van der Waals surface area contributed by atoms with Crippen LogP contribution in [0.5, 0.6) is 0 Å². The molecule has 1 fully saturated rings. The number of amides is 1. The van der Waals surface area contributed by atoms with Crippen LogP contribution in [0.1, 0.15) is 12.0 Å². The summed E-state index contributed by atoms with van der Waals surface area (Å²) in [6, 6.07) is 5.72. The van der Waals surface area contributed by atoms with Crippen LogP contribution < -0.4 is 4.90 Å². The Kier molecular flexibility index (Phi) is 3.64. The van der Waals surface area contributed by atoms with Gasteiger partial charge in [-0.1, -0.05) is 5.11 Å². The molecular formula is C12H10FN5O. The van der Waals surface area contributed by atoms with Crippen LogP contribution in [0.25, 0.3) is 10.4 Å². The maximum Gasteiger partial charge on any atom is 0.227 e. The van der Waals surface area contributed by atoms with Crippen molar-refractivity contribution < 1.29 is 9.18 Å². The highest BCUT2D eigenvalue weighted by Crippen LogP contribution is 2.26. The fourth-order valence-electron chi connectivity index (χ4n) is 2.07. The summed E-state index contributed by atoms with van der Waals surface area (Å²) in [5, 5.41) is 12.2. The van der Waals surface area contributed by atoms with Crippen molar-refractivity contribution in [2.24, 2.45) is 11.0 Å². The van der Waals surface area contributed by atoms with Crippen molar-refractivity contribution in [2.75, 3.05) is 18.0 Å². The van der Waals surface area contributed by atoms with Gasteiger partial charge in [-0.15, -0.1) is 0 Å². The standard InChI is InChI=1S/C12H10FN5O/c13-11-2-1-10(4-9(11)5-14)18-7-8(3-12(18)19)6-16-17-15/h1-2,4,8H,3,6-7H2. The molecule has 0 aromatic heterocycles. The van der Waals surface area contributed by atoms with Gasteiger partial charge in [-0.25, -0.2) is 4.39 Å². The van der Waals surface area contributed by atoms with E-state index in [1.165, 1.54) is 23.1 Å². The minimum atomic E-state index is -0.608. The van der Waals surface area contributed by atoms with Crippen molar-refractivity contribution in [1.82, 2.24) is 0 Å². The first-order valence-corrected chi connectivity index (χ1v) is 5.66. The van der Waals surface area contributed by atoms with Crippen molar-refractivity contribution in [2.45, 2.75) is 6.42 Å². The SMILES string of the molecule is N#Cc1cc(N2CC(CN=[N+]=[N-])CC2=O)ccc1F. The van der Waals surface area contributed by atoms with Crippen LogP contribution in [0.15, 0.2) is 23.3 Å². The molecule has 1 heterocycles. The summed E-state index contributed by atoms with van der Waals surface area (Å²) >= 11 is 0. The molecule has 1 aliphatic heterocycles. The molecule has 0 aliphatic carbocycles. The Morgan fingerprint density at radius 2 is 2.42 bits per heavy atom. The van der Waals surface area contributed by atoms with Gasteiger partial charge in [0.05, 0.1) is 5.56 Å². The molecule has 1 saturated heterocycles. The van der Waals surface area contributed by atoms with Crippen LogP contribution in [0.4, 0.5) is 10.1 Å². The Hall–Kier alpha value is -2.58. The monoisotopic (exact) mass is 259 g/mol. The molecule has 7 heteroatoms. The summed E-state index contributed by atoms with van der Waals surface area (Å²) in [5.41, 5.74) is 8.65. The molecule has 1 amide bonds. The molecule has 6 nitrogen and oxygen atoms in total. The Bertz CT molecular complexity index is 603. The maximum absolute atomic E-state index is 13.2. The summed E-state index contributed by atoms with van der Waals surface area (Å²) in [5.74, 6) is -0.767. The summed E-state index contributed by atoms with van der Waals surface area (Å²) in [6.07, 6.45) is 0.290. The minimum Gasteiger partial charge on any atom is -0.312 e. The molecule has 19 heavy (non-hydrogen) atoms. The largest absolute Gasteiger partial charge is 0.312 e. The van der Waals surface area contributed by atoms with Gasteiger partial charge < -0.3 is 4.90 Å². The third-order valence-electron chi connectivity index (χ3n) is 2.99. The van der Waals surface area contributed by atoms with Gasteiger partial charge in [0.25, 0.3) is 0 Å². The molecule has 0 N–H and O–H groups in total. The highest BCUT2D eigenvalue weighted by atomic mass is 19.1. The topological polar surface area (TPSA) is 92.9 Å². The second kappa shape index (κ2) is 5.38. The lowest BCUT2D eigenvalue weighted by Crippen LogP contribution is -2.24. The van der Waals surface area contributed by atoms with E-state index < -0.39 is 5.82 Å². The number of benzene rings is 1. The van der Waals surface area contributed by atoms with Crippen molar-refractivity contribution in [3.05, 3.63) is 40.0 Å². The van der Waals surface area contributed by atoms with Crippen molar-refractivity contribution in [3.8, 4) is 6.07 Å². The number of carbonyl (C=O) groups excluding carboxylic acids is 1. The molecule has 2 rings (SSSR count). The first kappa shape index (κ1) is 12.9. The zero-order valence-corrected chi connectivity index (χ0v) is 9.95. The lowest BCUT2D eigenvalue weighted by Gasteiger charge is -2.16. The van der Waals surface area contributed by atoms with E-state index in [1.54, 1.807) is 6.07 Å². The Labute approximate surface area is 108 Å². The highest BCUT2D eigenvalue weighted by molar-refractivity contribution is 5.95. The van der Waals surface area contributed by atoms with E-state index in [9.17, 15) is 9.18 Å². The van der Waals surface area contributed by atoms with Crippen molar-refractivity contribution in [3.63, 3.8) is 0 Å². The van der Waals surface area contributed by atoms with Crippen LogP contribution in [-0.4, -0.2) is 19.0 Å². The van der Waals surface area contributed by atoms with E-state index in [-0.39, 0.29) is 30.4 Å². The molecule has 1 aromatic rings. The first-order chi connectivity index (χ1) is 9.15. The normalized spacial score (nSPS) is 18.0. The number of rotatable bonds is 3. The van der Waals surface area contributed by atoms with Gasteiger partial charge in [-0.3, -0.25) is 4.79 Å². The molecule has 96 valence electrons. The van der Waals surface area contributed by atoms with Gasteiger partial charge in [-0.05, 0) is 29.6 Å². The van der Waals surface area contributed by atoms with E-state index >= 15 is 0 Å². The maximum atomic E-state index is 13.2. The number of nitriles is 1. The van der Waals surface area contributed by atoms with Crippen LogP contribution in [-0.2, 0) is 4.79 Å². The summed E-state index contributed by atoms with van der Waals surface area (Å²) in [4.78, 5) is 16.0. The van der Waals surface area contributed by atoms with E-state index in [0.29, 0.717) is 12.2 Å². The second-order valence-electron chi connectivity index (χ2n) is 4.26. The molecular weight excluding hydrogens is 249 g/mol. The lowest BCUT2D eigenvalue weighted by atomic mass is 10.1. The van der Waals surface area contributed by atoms with Crippen LogP contribution in [0.2, 0.25) is 0 Å². The number of hydrogen-bond donors (Lipinski definition) is 0. The first-order valence-electron chi connectivity index (χ1n) is 5.66. The predicted molar refractivity (Wildman–Crippen MR) is 65.6 cm³/mol. The molecule has 1 aliphatic rings. The minimum absolute atomic E-state index is 0.0426. The fraction of sp³-hybridized carbons (Fsp3) is 0.333. The Morgan fingerprint density at radius 3 is 3.11 bits per heavy atom. The second-order valence-corrected chi connectivity index (χ2v) is 4.26. The van der Waals surface area contributed by atoms with E-state index in [4.69, 9.17) is 10.8 Å². The molecule has 0 spiro atoms. The summed E-state index contributed by atoms with van der Waals surface area (Å²) in [7, 11) is 0. The number of anilines is 1. The van der Waals surface area contributed by atoms with Crippen LogP contribution >= 0.6 is 0 Å². The smallest absolute Gasteiger partial charge is 0.227 e. The Morgan fingerprint density at radius 1 is 1.63 bits per heavy atom. The molecule has 0 radical (unpaired) electrons. The van der Waals surface area contributed by atoms with Gasteiger partial charge >= 0.3 is 0 Å². The molecule has 1 unspecified atom stereocenters. The third kappa shape index (κ3) is 2.64. The van der Waals surface area contributed by atoms with E-state index in [2.05, 4.69) is 10.0 Å². The fourth-order valence-corrected chi connectivity index (χ4v) is 2.07. The van der Waals surface area contributed by atoms with Crippen LogP contribution in [0.3, 0.4) is 0 Å². The van der Waals surface area contributed by atoms with Gasteiger partial charge in [0.15, 0.2) is 0 Å². The molecule has 0 saturated carbocycles. The van der Waals surface area contributed by atoms with Crippen LogP contribution in [0, 0.1) is 23.1 Å². The number of carbonyl (C=O) groups is 1. The lowest BCUT2D eigenvalue weighted by molar-refractivity contribution is -0.117. The zero-order chi connectivity index (χ0) is 13.8. The number of nitrogens with zero attached hydrogens (tertiary/aromatic N) is 5. The third-order valence-corrected chi connectivity index (χ3v) is 2.99. The number of azide groups is 1. The van der Waals surface area contributed by atoms with Gasteiger partial charge in [0.2, 0.25) is 5.91 Å². The molecule has 1 atom stereocenters. The number of halogens is 1. The van der Waals surface area contributed by atoms with E-state index in [1.807, 2.05) is 0 Å². The Balaban J connectivity index is 2.21. The summed E-state index contributed by atoms with van der Waals surface area (Å²) in [6.45, 7) is 0.666. The zero-order valence-electron chi connectivity index (χ0n) is 9.95. The van der Waals surface area contributed by atoms with Crippen molar-refractivity contribution >= 4 is 11.6 Å². The van der Waals surface area contributed by atoms with Gasteiger partial charge in [0, 0.05) is 30.1 Å². The molecule has 0 bridgehead atoms. The van der Waals surface area contributed by atoms with E-state index in [0.717, 1.165) is 0 Å². The summed E-state index contributed by atoms with van der Waals surface area (Å²) < 4.78 is 13.2. The number of hydrogen-bond acceptors (Lipinski definition) is 3. The van der Waals surface area contributed by atoms with Crippen molar-refractivity contribution in [1.29, 1.82) is 5.26 Å². The average Bonchev–Trinajstić information content (AvgIpc) is 2.78. The predicted octanol–water partition coefficient (Wildman–Crippen LogP) is 2.36. The molecule has 1 aromatic carbocycles. The van der Waals surface area contributed by atoms with Gasteiger partial charge in [-0.2, -0.15) is 5.26 Å². The quantitative estimate of drug-likeness (QED) is 0.473. The van der Waals surface area contributed by atoms with Gasteiger partial charge in [0.1, 0.15) is 11.9 Å². The average molecular weight is 259 g/mol. The highest BCUT2D eigenvalue weighted by Gasteiger charge is 2.30.